The standard InChI is InChI=1S/C19H20F3NO5.C19H24N2O6S2.C18H12ClF4N3O3.C17H18F3NO5.C16H18N2O4S/c1-27-6-7-28-9-13-12(4-5-14(23-13)19(20,21)22)18(26)15-16(24)10-2-3-11(8-10)17(15)25;1-6-9-29(25,26)27-18-14(10-20-21(18)5)17(22)13-7-8-15-16(12(13)2)19(3,4)11-28(15,23)24;1-9-13(4-3-5-24-9)29-14-7-12(11(20)6-10(14)19)26-16(27)8-15(18(21,22)23)25(2)17(26)28;1-25-7-8-26-9-11-10(5-6-14(21-11)17(18,19)20)16(24)15-12(22)3-2-4-13(15)23;1-9-10(14(19)11-7-17-18(4)15(11)20)5-6-12-13(9)16(2,3)8-23(12,21)22/h4-5,10-11,15H,2-3,6-9H2,1H3;7-8,10H,6,9,11H2,1-5H3;3-8H,1-2H3;5-6,15H,2-4,7-9H2,1H3;5-7,17H,8H2,1-4H3. The van der Waals surface area contributed by atoms with Crippen molar-refractivity contribution < 1.29 is 135 Å². The lowest BCUT2D eigenvalue weighted by atomic mass is 9.75. The lowest BCUT2D eigenvalue weighted by molar-refractivity contribution is -0.144. The number of alkyl halides is 9. The second kappa shape index (κ2) is 41.4. The molecule has 5 aliphatic rings. The van der Waals surface area contributed by atoms with E-state index in [1.54, 1.807) is 39.8 Å². The molecule has 3 fully saturated rings. The number of nitrogens with zero attached hydrogens (tertiary/aromatic N) is 8. The lowest BCUT2D eigenvalue weighted by Gasteiger charge is -2.25. The van der Waals surface area contributed by atoms with Crippen molar-refractivity contribution in [1.82, 2.24) is 43.6 Å². The number of aryl methyl sites for hydroxylation is 3. The molecular formula is C89H92ClF10N9O23S3. The molecule has 46 heteroatoms. The third-order valence-electron chi connectivity index (χ3n) is 22.7. The van der Waals surface area contributed by atoms with Crippen LogP contribution in [0.5, 0.6) is 17.4 Å². The number of aromatic nitrogens is 9. The van der Waals surface area contributed by atoms with Crippen LogP contribution in [0.4, 0.5) is 43.9 Å². The minimum Gasteiger partial charge on any atom is -0.454 e. The van der Waals surface area contributed by atoms with Crippen molar-refractivity contribution in [2.45, 2.75) is 153 Å². The van der Waals surface area contributed by atoms with Crippen molar-refractivity contribution in [2.75, 3.05) is 57.9 Å². The lowest BCUT2D eigenvalue weighted by Crippen LogP contribution is -2.42. The number of rotatable bonds is 25. The van der Waals surface area contributed by atoms with E-state index in [9.17, 15) is 122 Å². The van der Waals surface area contributed by atoms with Gasteiger partial charge in [0.1, 0.15) is 57.4 Å². The Bertz CT molecular complexity index is 6720. The van der Waals surface area contributed by atoms with E-state index in [4.69, 9.17) is 39.5 Å². The summed E-state index contributed by atoms with van der Waals surface area (Å²) in [6.07, 6.45) is -7.65. The largest absolute Gasteiger partial charge is 0.454 e. The van der Waals surface area contributed by atoms with E-state index in [1.165, 1.54) is 80.5 Å². The number of H-pyrrole nitrogens is 1. The number of carbonyl (C=O) groups is 8. The Morgan fingerprint density at radius 3 is 1.55 bits per heavy atom. The van der Waals surface area contributed by atoms with Crippen molar-refractivity contribution >= 4 is 87.7 Å². The van der Waals surface area contributed by atoms with Gasteiger partial charge in [-0.3, -0.25) is 62.2 Å². The zero-order valence-corrected chi connectivity index (χ0v) is 77.9. The molecule has 0 spiro atoms. The second-order valence-corrected chi connectivity index (χ2v) is 39.4. The van der Waals surface area contributed by atoms with Crippen molar-refractivity contribution in [1.29, 1.82) is 0 Å². The molecular weight excluding hydrogens is 1880 g/mol. The molecule has 2 bridgehead atoms. The monoisotopic (exact) mass is 1980 g/mol. The number of ether oxygens (including phenoxy) is 5. The van der Waals surface area contributed by atoms with E-state index in [2.05, 4.69) is 25.1 Å². The molecule has 3 aliphatic carbocycles. The van der Waals surface area contributed by atoms with Gasteiger partial charge < -0.3 is 33.0 Å². The van der Waals surface area contributed by atoms with Gasteiger partial charge in [-0.2, -0.15) is 53.0 Å². The summed E-state index contributed by atoms with van der Waals surface area (Å²) >= 11 is 5.98. The van der Waals surface area contributed by atoms with Crippen LogP contribution in [0.25, 0.3) is 5.69 Å². The SMILES string of the molecule is CCCS(=O)(=O)Oc1c(C(=O)c2ccc3c(c2C)C(C)(C)CS3(=O)=O)cnn1C.COCCOCc1nc(C(F)(F)F)ccc1C(=O)C1C(=O)C2CCC(C2)C1=O.COCCOCc1nc(C(F)(F)F)ccc1C(=O)C1C(=O)CCCC1=O.Cc1c(C(=O)c2c[nH]n(C)c2=O)ccc2c1C(C)(C)CS2(=O)=O.Cc1ncccc1Oc1cc(-n2c(=O)cc(C(F)(F)F)n(C)c2=O)c(F)cc1Cl. The fourth-order valence-corrected chi connectivity index (χ4v) is 22.1. The summed E-state index contributed by atoms with van der Waals surface area (Å²) in [5.41, 5.74) is -5.95. The molecule has 726 valence electrons. The molecule has 2 aliphatic heterocycles. The van der Waals surface area contributed by atoms with Gasteiger partial charge in [-0.05, 0) is 142 Å². The second-order valence-electron chi connectivity index (χ2n) is 33.4. The molecule has 0 saturated heterocycles. The van der Waals surface area contributed by atoms with Crippen molar-refractivity contribution in [2.24, 2.45) is 44.8 Å². The number of pyridine rings is 3. The van der Waals surface area contributed by atoms with Gasteiger partial charge in [0, 0.05) is 118 Å². The van der Waals surface area contributed by atoms with Crippen LogP contribution in [-0.2, 0) is 132 Å². The molecule has 3 aromatic carbocycles. The van der Waals surface area contributed by atoms with E-state index < -0.39 is 163 Å². The van der Waals surface area contributed by atoms with E-state index in [0.29, 0.717) is 88.2 Å². The summed E-state index contributed by atoms with van der Waals surface area (Å²) in [6, 6.07) is 14.3. The van der Waals surface area contributed by atoms with Crippen molar-refractivity contribution in [3.05, 3.63) is 229 Å². The van der Waals surface area contributed by atoms with E-state index >= 15 is 0 Å². The minimum atomic E-state index is -4.93. The summed E-state index contributed by atoms with van der Waals surface area (Å²) < 4.78 is 239. The number of Topliss-reactive ketones (excluding diaryl/α,β-unsaturated/α-hetero) is 6. The third-order valence-corrected chi connectivity index (χ3v) is 28.5. The Kier molecular flexibility index (Phi) is 32.3. The molecule has 32 nitrogen and oxygen atoms in total. The molecule has 8 heterocycles. The summed E-state index contributed by atoms with van der Waals surface area (Å²) in [5, 5.41) is 6.47. The smallest absolute Gasteiger partial charge is 0.433 e. The van der Waals surface area contributed by atoms with Crippen LogP contribution >= 0.6 is 11.6 Å². The van der Waals surface area contributed by atoms with Crippen molar-refractivity contribution in [3.63, 3.8) is 0 Å². The maximum atomic E-state index is 14.5. The molecule has 0 radical (unpaired) electrons. The van der Waals surface area contributed by atoms with Crippen LogP contribution in [-0.4, -0.2) is 173 Å². The number of ketones is 8. The highest BCUT2D eigenvalue weighted by atomic mass is 35.5. The number of sulfone groups is 2. The average Bonchev–Trinajstić information content (AvgIpc) is 1.56. The molecule has 9 aromatic rings. The highest BCUT2D eigenvalue weighted by Gasteiger charge is 2.52. The maximum absolute atomic E-state index is 14.5. The minimum absolute atomic E-state index is 0.00823. The Morgan fingerprint density at radius 1 is 0.615 bits per heavy atom. The number of hydrogen-bond donors (Lipinski definition) is 1. The number of methoxy groups -OCH3 is 2. The molecule has 2 atom stereocenters. The predicted octanol–water partition coefficient (Wildman–Crippen LogP) is 12.3. The van der Waals surface area contributed by atoms with E-state index in [1.807, 2.05) is 27.7 Å². The number of nitrogens with one attached hydrogen (secondary N) is 1. The molecule has 3 saturated carbocycles. The molecule has 135 heavy (non-hydrogen) atoms. The van der Waals surface area contributed by atoms with Gasteiger partial charge in [-0.1, -0.05) is 46.2 Å². The highest BCUT2D eigenvalue weighted by Crippen LogP contribution is 2.47. The topological polar surface area (TPSA) is 433 Å². The van der Waals surface area contributed by atoms with Gasteiger partial charge >= 0.3 is 34.3 Å². The normalized spacial score (nSPS) is 17.4. The first-order valence-corrected chi connectivity index (χ1v) is 46.6. The molecule has 0 amide bonds. The fraction of sp³-hybridized carbons (Fsp3) is 0.427. The molecule has 1 N–H and O–H groups in total. The number of fused-ring (bicyclic) bond motifs is 4. The predicted molar refractivity (Wildman–Crippen MR) is 462 cm³/mol. The van der Waals surface area contributed by atoms with Gasteiger partial charge in [-0.25, -0.2) is 45.2 Å². The Morgan fingerprint density at radius 2 is 1.10 bits per heavy atom. The fourth-order valence-electron chi connectivity index (χ4n) is 16.4. The van der Waals surface area contributed by atoms with Gasteiger partial charge in [-0.15, -0.1) is 0 Å². The summed E-state index contributed by atoms with van der Waals surface area (Å²) in [4.78, 5) is 149. The van der Waals surface area contributed by atoms with Gasteiger partial charge in [0.05, 0.1) is 101 Å². The Balaban J connectivity index is 0.000000175. The average molecular weight is 1980 g/mol. The first-order valence-electron chi connectivity index (χ1n) is 41.4. The zero-order valence-electron chi connectivity index (χ0n) is 74.7. The van der Waals surface area contributed by atoms with Gasteiger partial charge in [0.2, 0.25) is 5.88 Å². The summed E-state index contributed by atoms with van der Waals surface area (Å²) in [6.45, 7) is 14.0. The number of benzene rings is 3. The Hall–Kier alpha value is -11.8. The molecule has 2 unspecified atom stereocenters. The first-order chi connectivity index (χ1) is 62.9. The van der Waals surface area contributed by atoms with Crippen LogP contribution in [0.3, 0.4) is 0 Å². The maximum Gasteiger partial charge on any atom is 0.433 e. The van der Waals surface area contributed by atoms with Crippen LogP contribution in [0, 0.1) is 50.3 Å². The molecule has 14 rings (SSSR count). The Labute approximate surface area is 770 Å². The number of halogens is 11. The van der Waals surface area contributed by atoms with Crippen molar-refractivity contribution in [3.8, 4) is 23.1 Å². The zero-order chi connectivity index (χ0) is 100. The first kappa shape index (κ1) is 105. The third kappa shape index (κ3) is 23.3. The van der Waals surface area contributed by atoms with Crippen LogP contribution in [0.2, 0.25) is 5.02 Å². The van der Waals surface area contributed by atoms with E-state index in [0.717, 1.165) is 31.3 Å². The number of hydrogen-bond acceptors (Lipinski definition) is 27. The van der Waals surface area contributed by atoms with Gasteiger partial charge in [0.15, 0.2) is 65.9 Å². The molecule has 6 aromatic heterocycles. The van der Waals surface area contributed by atoms with Crippen LogP contribution in [0.1, 0.15) is 189 Å². The van der Waals surface area contributed by atoms with Crippen LogP contribution < -0.4 is 25.7 Å². The number of aromatic amines is 1. The summed E-state index contributed by atoms with van der Waals surface area (Å²) in [5.74, 6) is -9.26. The van der Waals surface area contributed by atoms with Gasteiger partial charge in [0.25, 0.3) is 11.1 Å². The van der Waals surface area contributed by atoms with E-state index in [-0.39, 0.29) is 158 Å². The van der Waals surface area contributed by atoms with Crippen LogP contribution in [0.15, 0.2) is 122 Å². The summed E-state index contributed by atoms with van der Waals surface area (Å²) in [7, 11) is -3.89. The quantitative estimate of drug-likeness (QED) is 0.0182. The number of carbonyl (C=O) groups excluding carboxylic acids is 8. The highest BCUT2D eigenvalue weighted by molar-refractivity contribution is 7.92.